The number of carbonyl (C=O) groups excluding carboxylic acids is 1. The molecule has 0 heterocycles. The molecule has 2 aromatic carbocycles. The molecule has 2 aromatic rings. The number of rotatable bonds is 4. The molecule has 0 unspecified atom stereocenters. The molecule has 0 spiro atoms. The van der Waals surface area contributed by atoms with Gasteiger partial charge in [-0.25, -0.2) is 0 Å². The Bertz CT molecular complexity index is 662. The van der Waals surface area contributed by atoms with Crippen LogP contribution in [-0.2, 0) is 6.61 Å². The van der Waals surface area contributed by atoms with Crippen LogP contribution in [0.15, 0.2) is 40.9 Å². The van der Waals surface area contributed by atoms with Crippen LogP contribution in [0.1, 0.15) is 15.9 Å². The van der Waals surface area contributed by atoms with Gasteiger partial charge in [0, 0.05) is 21.3 Å². The minimum atomic E-state index is -0.514. The third kappa shape index (κ3) is 3.43. The molecule has 0 saturated carbocycles. The maximum absolute atomic E-state index is 11.0. The Kier molecular flexibility index (Phi) is 4.52. The predicted octanol–water partition coefficient (Wildman–Crippen LogP) is 3.36. The van der Waals surface area contributed by atoms with Crippen molar-refractivity contribution >= 4 is 39.1 Å². The number of amides is 1. The first-order valence-electron chi connectivity index (χ1n) is 5.73. The summed E-state index contributed by atoms with van der Waals surface area (Å²) in [5.74, 6) is 0.0494. The fraction of sp³-hybridized carbons (Fsp3) is 0.0714. The van der Waals surface area contributed by atoms with Gasteiger partial charge >= 0.3 is 0 Å². The maximum Gasteiger partial charge on any atom is 0.248 e. The summed E-state index contributed by atoms with van der Waals surface area (Å²) in [6.07, 6.45) is 0. The molecule has 6 heteroatoms. The van der Waals surface area contributed by atoms with Gasteiger partial charge in [-0.05, 0) is 30.3 Å². The zero-order chi connectivity index (χ0) is 14.7. The monoisotopic (exact) mass is 354 g/mol. The first kappa shape index (κ1) is 14.7. The number of benzene rings is 2. The lowest BCUT2D eigenvalue weighted by Crippen LogP contribution is -2.12. The fourth-order valence-corrected chi connectivity index (χ4v) is 2.36. The van der Waals surface area contributed by atoms with Crippen molar-refractivity contribution in [2.24, 2.45) is 5.73 Å². The summed E-state index contributed by atoms with van der Waals surface area (Å²) in [6, 6.07) is 10.2. The maximum atomic E-state index is 11.0. The second kappa shape index (κ2) is 6.15. The molecule has 104 valence electrons. The average molecular weight is 356 g/mol. The van der Waals surface area contributed by atoms with E-state index in [1.54, 1.807) is 24.3 Å². The van der Waals surface area contributed by atoms with Gasteiger partial charge in [0.15, 0.2) is 0 Å². The SMILES string of the molecule is NC(=O)c1ccc(COc2ccc(Br)cc2Cl)c(N)c1. The Morgan fingerprint density at radius 3 is 2.60 bits per heavy atom. The number of nitrogens with two attached hydrogens (primary N) is 2. The van der Waals surface area contributed by atoms with E-state index in [2.05, 4.69) is 15.9 Å². The number of carbonyl (C=O) groups is 1. The van der Waals surface area contributed by atoms with Gasteiger partial charge in [0.25, 0.3) is 0 Å². The van der Waals surface area contributed by atoms with E-state index in [1.165, 1.54) is 6.07 Å². The van der Waals surface area contributed by atoms with E-state index in [0.29, 0.717) is 22.0 Å². The Morgan fingerprint density at radius 2 is 2.00 bits per heavy atom. The summed E-state index contributed by atoms with van der Waals surface area (Å²) in [7, 11) is 0. The van der Waals surface area contributed by atoms with Gasteiger partial charge in [0.2, 0.25) is 5.91 Å². The van der Waals surface area contributed by atoms with Gasteiger partial charge in [0.05, 0.1) is 5.02 Å². The molecule has 0 aromatic heterocycles. The van der Waals surface area contributed by atoms with Crippen LogP contribution in [-0.4, -0.2) is 5.91 Å². The fourth-order valence-electron chi connectivity index (χ4n) is 1.63. The topological polar surface area (TPSA) is 78.3 Å². The summed E-state index contributed by atoms with van der Waals surface area (Å²) >= 11 is 9.38. The summed E-state index contributed by atoms with van der Waals surface area (Å²) in [4.78, 5) is 11.0. The van der Waals surface area contributed by atoms with Crippen molar-refractivity contribution in [3.05, 3.63) is 57.0 Å². The van der Waals surface area contributed by atoms with Gasteiger partial charge in [-0.1, -0.05) is 33.6 Å². The molecular formula is C14H12BrClN2O2. The molecule has 0 atom stereocenters. The number of primary amides is 1. The van der Waals surface area contributed by atoms with E-state index >= 15 is 0 Å². The molecule has 0 bridgehead atoms. The zero-order valence-electron chi connectivity index (χ0n) is 10.4. The summed E-state index contributed by atoms with van der Waals surface area (Å²) in [5, 5.41) is 0.506. The Labute approximate surface area is 129 Å². The van der Waals surface area contributed by atoms with Crippen LogP contribution in [0.4, 0.5) is 5.69 Å². The minimum absolute atomic E-state index is 0.256. The van der Waals surface area contributed by atoms with E-state index < -0.39 is 5.91 Å². The number of halogens is 2. The van der Waals surface area contributed by atoms with Crippen molar-refractivity contribution in [1.29, 1.82) is 0 Å². The highest BCUT2D eigenvalue weighted by Gasteiger charge is 2.07. The third-order valence-corrected chi connectivity index (χ3v) is 3.50. The number of anilines is 1. The number of ether oxygens (including phenoxy) is 1. The van der Waals surface area contributed by atoms with E-state index in [9.17, 15) is 4.79 Å². The number of hydrogen-bond acceptors (Lipinski definition) is 3. The second-order valence-corrected chi connectivity index (χ2v) is 5.46. The van der Waals surface area contributed by atoms with Crippen molar-refractivity contribution in [2.45, 2.75) is 6.61 Å². The lowest BCUT2D eigenvalue weighted by Gasteiger charge is -2.10. The lowest BCUT2D eigenvalue weighted by atomic mass is 10.1. The van der Waals surface area contributed by atoms with Crippen molar-refractivity contribution < 1.29 is 9.53 Å². The molecule has 0 radical (unpaired) electrons. The van der Waals surface area contributed by atoms with E-state index in [1.807, 2.05) is 6.07 Å². The van der Waals surface area contributed by atoms with Crippen molar-refractivity contribution in [2.75, 3.05) is 5.73 Å². The summed E-state index contributed by atoms with van der Waals surface area (Å²) in [6.45, 7) is 0.256. The smallest absolute Gasteiger partial charge is 0.248 e. The first-order valence-corrected chi connectivity index (χ1v) is 6.90. The van der Waals surface area contributed by atoms with Gasteiger partial charge in [-0.2, -0.15) is 0 Å². The first-order chi connectivity index (χ1) is 9.47. The minimum Gasteiger partial charge on any atom is -0.487 e. The number of nitrogen functional groups attached to an aromatic ring is 1. The highest BCUT2D eigenvalue weighted by Crippen LogP contribution is 2.28. The molecule has 0 aliphatic carbocycles. The number of hydrogen-bond donors (Lipinski definition) is 2. The van der Waals surface area contributed by atoms with Gasteiger partial charge in [0.1, 0.15) is 12.4 Å². The van der Waals surface area contributed by atoms with Gasteiger partial charge in [-0.15, -0.1) is 0 Å². The van der Waals surface area contributed by atoms with Gasteiger partial charge < -0.3 is 16.2 Å². The van der Waals surface area contributed by atoms with Crippen LogP contribution in [0.2, 0.25) is 5.02 Å². The molecule has 2 rings (SSSR count). The highest BCUT2D eigenvalue weighted by atomic mass is 79.9. The summed E-state index contributed by atoms with van der Waals surface area (Å²) in [5.41, 5.74) is 12.6. The van der Waals surface area contributed by atoms with Crippen molar-refractivity contribution in [1.82, 2.24) is 0 Å². The van der Waals surface area contributed by atoms with Crippen molar-refractivity contribution in [3.8, 4) is 5.75 Å². The van der Waals surface area contributed by atoms with Crippen LogP contribution in [0.3, 0.4) is 0 Å². The second-order valence-electron chi connectivity index (χ2n) is 4.14. The lowest BCUT2D eigenvalue weighted by molar-refractivity contribution is 0.100. The standard InChI is InChI=1S/C14H12BrClN2O2/c15-10-3-4-13(11(16)6-10)20-7-9-2-1-8(14(18)19)5-12(9)17/h1-6H,7,17H2,(H2,18,19). The Hall–Kier alpha value is -1.72. The van der Waals surface area contributed by atoms with E-state index in [4.69, 9.17) is 27.8 Å². The van der Waals surface area contributed by atoms with Crippen LogP contribution in [0, 0.1) is 0 Å². The molecular weight excluding hydrogens is 344 g/mol. The highest BCUT2D eigenvalue weighted by molar-refractivity contribution is 9.10. The average Bonchev–Trinajstić information content (AvgIpc) is 2.38. The largest absolute Gasteiger partial charge is 0.487 e. The molecule has 4 nitrogen and oxygen atoms in total. The van der Waals surface area contributed by atoms with Crippen LogP contribution in [0.25, 0.3) is 0 Å². The Balaban J connectivity index is 2.13. The normalized spacial score (nSPS) is 10.3. The van der Waals surface area contributed by atoms with Crippen LogP contribution < -0.4 is 16.2 Å². The van der Waals surface area contributed by atoms with E-state index in [-0.39, 0.29) is 6.61 Å². The predicted molar refractivity (Wildman–Crippen MR) is 82.9 cm³/mol. The molecule has 0 saturated heterocycles. The van der Waals surface area contributed by atoms with Crippen LogP contribution >= 0.6 is 27.5 Å². The van der Waals surface area contributed by atoms with Crippen molar-refractivity contribution in [3.63, 3.8) is 0 Å². The molecule has 1 amide bonds. The molecule has 4 N–H and O–H groups in total. The molecule has 0 aliphatic heterocycles. The third-order valence-electron chi connectivity index (χ3n) is 2.71. The van der Waals surface area contributed by atoms with Crippen LogP contribution in [0.5, 0.6) is 5.75 Å². The summed E-state index contributed by atoms with van der Waals surface area (Å²) < 4.78 is 6.49. The van der Waals surface area contributed by atoms with Gasteiger partial charge in [-0.3, -0.25) is 4.79 Å². The Morgan fingerprint density at radius 1 is 1.25 bits per heavy atom. The quantitative estimate of drug-likeness (QED) is 0.825. The zero-order valence-corrected chi connectivity index (χ0v) is 12.7. The molecule has 0 fully saturated rings. The molecule has 20 heavy (non-hydrogen) atoms. The van der Waals surface area contributed by atoms with E-state index in [0.717, 1.165) is 10.0 Å². The molecule has 0 aliphatic rings.